The minimum Gasteiger partial charge on any atom is -0.372 e. The summed E-state index contributed by atoms with van der Waals surface area (Å²) in [6.45, 7) is 8.74. The van der Waals surface area contributed by atoms with Crippen LogP contribution in [0.1, 0.15) is 57.1 Å². The molecule has 21 heavy (non-hydrogen) atoms. The Morgan fingerprint density at radius 1 is 1.14 bits per heavy atom. The van der Waals surface area contributed by atoms with Gasteiger partial charge in [0.25, 0.3) is 0 Å². The number of rotatable bonds is 6. The number of nitrogens with one attached hydrogen (secondary N) is 1. The molecule has 0 unspecified atom stereocenters. The summed E-state index contributed by atoms with van der Waals surface area (Å²) in [5, 5.41) is 3.42. The lowest BCUT2D eigenvalue weighted by Gasteiger charge is -2.36. The van der Waals surface area contributed by atoms with Gasteiger partial charge in [0, 0.05) is 25.3 Å². The van der Waals surface area contributed by atoms with Gasteiger partial charge >= 0.3 is 0 Å². The number of benzene rings is 1. The number of anilines is 1. The molecule has 2 heteroatoms. The molecule has 1 aromatic carbocycles. The van der Waals surface area contributed by atoms with E-state index in [1.807, 2.05) is 0 Å². The number of aryl methyl sites for hydroxylation is 1. The van der Waals surface area contributed by atoms with Gasteiger partial charge in [-0.05, 0) is 68.3 Å². The molecule has 0 aliphatic heterocycles. The summed E-state index contributed by atoms with van der Waals surface area (Å²) in [7, 11) is 2.27. The first kappa shape index (κ1) is 16.4. The summed E-state index contributed by atoms with van der Waals surface area (Å²) < 4.78 is 0. The molecule has 2 nitrogen and oxygen atoms in total. The third-order valence-electron chi connectivity index (χ3n) is 5.24. The second-order valence-electron chi connectivity index (χ2n) is 6.58. The van der Waals surface area contributed by atoms with Crippen molar-refractivity contribution in [1.29, 1.82) is 0 Å². The molecule has 0 amide bonds. The third kappa shape index (κ3) is 4.23. The van der Waals surface area contributed by atoms with Crippen molar-refractivity contribution in [2.45, 2.75) is 65.5 Å². The van der Waals surface area contributed by atoms with Crippen molar-refractivity contribution in [2.24, 2.45) is 5.92 Å². The molecule has 2 rings (SSSR count). The zero-order valence-corrected chi connectivity index (χ0v) is 14.3. The van der Waals surface area contributed by atoms with Crippen LogP contribution in [0, 0.1) is 12.8 Å². The Morgan fingerprint density at radius 3 is 2.43 bits per heavy atom. The Hall–Kier alpha value is -1.02. The molecular formula is C19H32N2. The fourth-order valence-corrected chi connectivity index (χ4v) is 3.51. The molecule has 0 aromatic heterocycles. The average Bonchev–Trinajstić information content (AvgIpc) is 2.53. The van der Waals surface area contributed by atoms with Crippen molar-refractivity contribution in [3.05, 3.63) is 29.3 Å². The fraction of sp³-hybridized carbons (Fsp3) is 0.684. The van der Waals surface area contributed by atoms with Crippen molar-refractivity contribution in [3.63, 3.8) is 0 Å². The first-order chi connectivity index (χ1) is 10.2. The Morgan fingerprint density at radius 2 is 1.86 bits per heavy atom. The van der Waals surface area contributed by atoms with E-state index in [2.05, 4.69) is 56.2 Å². The molecule has 1 aromatic rings. The normalized spacial score (nSPS) is 22.3. The lowest BCUT2D eigenvalue weighted by atomic mass is 9.84. The highest BCUT2D eigenvalue weighted by atomic mass is 15.1. The molecule has 1 N–H and O–H groups in total. The zero-order valence-electron chi connectivity index (χ0n) is 14.3. The molecule has 1 aliphatic rings. The van der Waals surface area contributed by atoms with Crippen LogP contribution < -0.4 is 10.2 Å². The number of nitrogens with zero attached hydrogens (tertiary/aromatic N) is 1. The van der Waals surface area contributed by atoms with E-state index in [4.69, 9.17) is 0 Å². The molecule has 118 valence electrons. The number of hydrogen-bond donors (Lipinski definition) is 1. The summed E-state index contributed by atoms with van der Waals surface area (Å²) in [5.41, 5.74) is 4.21. The van der Waals surface area contributed by atoms with Gasteiger partial charge in [0.1, 0.15) is 0 Å². The van der Waals surface area contributed by atoms with Gasteiger partial charge in [0.2, 0.25) is 0 Å². The summed E-state index contributed by atoms with van der Waals surface area (Å²) >= 11 is 0. The van der Waals surface area contributed by atoms with Crippen LogP contribution in [0.15, 0.2) is 18.2 Å². The molecule has 1 fully saturated rings. The van der Waals surface area contributed by atoms with Gasteiger partial charge < -0.3 is 10.2 Å². The van der Waals surface area contributed by atoms with Crippen molar-refractivity contribution in [2.75, 3.05) is 18.5 Å². The lowest BCUT2D eigenvalue weighted by Crippen LogP contribution is -2.35. The van der Waals surface area contributed by atoms with Crippen LogP contribution in [0.2, 0.25) is 0 Å². The predicted octanol–water partition coefficient (Wildman–Crippen LogP) is 4.51. The molecular weight excluding hydrogens is 256 g/mol. The van der Waals surface area contributed by atoms with E-state index in [-0.39, 0.29) is 0 Å². The van der Waals surface area contributed by atoms with E-state index in [0.29, 0.717) is 0 Å². The van der Waals surface area contributed by atoms with E-state index in [0.717, 1.165) is 25.0 Å². The topological polar surface area (TPSA) is 15.3 Å². The highest BCUT2D eigenvalue weighted by molar-refractivity contribution is 5.51. The van der Waals surface area contributed by atoms with Crippen molar-refractivity contribution in [1.82, 2.24) is 5.32 Å². The highest BCUT2D eigenvalue weighted by Crippen LogP contribution is 2.31. The molecule has 1 aliphatic carbocycles. The Balaban J connectivity index is 1.99. The van der Waals surface area contributed by atoms with E-state index in [1.165, 1.54) is 48.9 Å². The van der Waals surface area contributed by atoms with Crippen molar-refractivity contribution >= 4 is 5.69 Å². The maximum Gasteiger partial charge on any atom is 0.0368 e. The molecule has 0 saturated heterocycles. The largest absolute Gasteiger partial charge is 0.372 e. The van der Waals surface area contributed by atoms with Crippen LogP contribution in [-0.2, 0) is 6.54 Å². The van der Waals surface area contributed by atoms with Gasteiger partial charge in [-0.15, -0.1) is 0 Å². The second kappa shape index (κ2) is 7.84. The lowest BCUT2D eigenvalue weighted by molar-refractivity contribution is 0.313. The van der Waals surface area contributed by atoms with Gasteiger partial charge in [-0.1, -0.05) is 26.3 Å². The minimum absolute atomic E-state index is 0.729. The number of hydrogen-bond acceptors (Lipinski definition) is 2. The van der Waals surface area contributed by atoms with Crippen LogP contribution >= 0.6 is 0 Å². The summed E-state index contributed by atoms with van der Waals surface area (Å²) in [6, 6.07) is 7.68. The van der Waals surface area contributed by atoms with Gasteiger partial charge in [-0.3, -0.25) is 0 Å². The van der Waals surface area contributed by atoms with Gasteiger partial charge in [-0.2, -0.15) is 0 Å². The fourth-order valence-electron chi connectivity index (χ4n) is 3.51. The SMILES string of the molecule is CCNCc1ccc(N(C)C2CCC(CC)CC2)cc1C. The standard InChI is InChI=1S/C19H32N2/c1-5-16-7-10-18(11-8-16)21(4)19-12-9-17(14-20-6-2)15(3)13-19/h9,12-13,16,18,20H,5-8,10-11,14H2,1-4H3. The zero-order chi connectivity index (χ0) is 15.2. The monoisotopic (exact) mass is 288 g/mol. The van der Waals surface area contributed by atoms with E-state index >= 15 is 0 Å². The average molecular weight is 288 g/mol. The molecule has 0 heterocycles. The molecule has 0 atom stereocenters. The van der Waals surface area contributed by atoms with Crippen LogP contribution in [-0.4, -0.2) is 19.6 Å². The van der Waals surface area contributed by atoms with Gasteiger partial charge in [0.05, 0.1) is 0 Å². The summed E-state index contributed by atoms with van der Waals surface area (Å²) in [4.78, 5) is 2.51. The first-order valence-electron chi connectivity index (χ1n) is 8.68. The maximum atomic E-state index is 3.42. The molecule has 0 bridgehead atoms. The van der Waals surface area contributed by atoms with Crippen LogP contribution in [0.25, 0.3) is 0 Å². The van der Waals surface area contributed by atoms with Crippen molar-refractivity contribution in [3.8, 4) is 0 Å². The van der Waals surface area contributed by atoms with Crippen LogP contribution in [0.3, 0.4) is 0 Å². The minimum atomic E-state index is 0.729. The summed E-state index contributed by atoms with van der Waals surface area (Å²) in [5.74, 6) is 0.971. The van der Waals surface area contributed by atoms with Gasteiger partial charge in [-0.25, -0.2) is 0 Å². The molecule has 0 radical (unpaired) electrons. The smallest absolute Gasteiger partial charge is 0.0368 e. The maximum absolute atomic E-state index is 3.42. The Kier molecular flexibility index (Phi) is 6.10. The third-order valence-corrected chi connectivity index (χ3v) is 5.24. The van der Waals surface area contributed by atoms with Crippen LogP contribution in [0.4, 0.5) is 5.69 Å². The van der Waals surface area contributed by atoms with E-state index in [1.54, 1.807) is 0 Å². The van der Waals surface area contributed by atoms with Gasteiger partial charge in [0.15, 0.2) is 0 Å². The van der Waals surface area contributed by atoms with Crippen molar-refractivity contribution < 1.29 is 0 Å². The van der Waals surface area contributed by atoms with Crippen LogP contribution in [0.5, 0.6) is 0 Å². The predicted molar refractivity (Wildman–Crippen MR) is 93.0 cm³/mol. The Labute approximate surface area is 130 Å². The van der Waals surface area contributed by atoms with E-state index < -0.39 is 0 Å². The molecule has 0 spiro atoms. The first-order valence-corrected chi connectivity index (χ1v) is 8.68. The Bertz CT molecular complexity index is 433. The second-order valence-corrected chi connectivity index (χ2v) is 6.58. The van der Waals surface area contributed by atoms with E-state index in [9.17, 15) is 0 Å². The quantitative estimate of drug-likeness (QED) is 0.828. The molecule has 1 saturated carbocycles. The highest BCUT2D eigenvalue weighted by Gasteiger charge is 2.23. The summed E-state index contributed by atoms with van der Waals surface area (Å²) in [6.07, 6.45) is 6.88.